The lowest BCUT2D eigenvalue weighted by Crippen LogP contribution is -2.41. The molecule has 2 heterocycles. The van der Waals surface area contributed by atoms with Gasteiger partial charge in [-0.25, -0.2) is 0 Å². The molecule has 2 aromatic rings. The third-order valence-electron chi connectivity index (χ3n) is 5.08. The fourth-order valence-electron chi connectivity index (χ4n) is 2.81. The van der Waals surface area contributed by atoms with Crippen molar-refractivity contribution < 1.29 is 9.31 Å². The molecular weight excluding hydrogens is 320 g/mol. The van der Waals surface area contributed by atoms with Crippen molar-refractivity contribution in [1.29, 1.82) is 0 Å². The molecule has 0 aliphatic carbocycles. The number of hydrogen-bond donors (Lipinski definition) is 0. The summed E-state index contributed by atoms with van der Waals surface area (Å²) in [5, 5.41) is 1.66. The van der Waals surface area contributed by atoms with Gasteiger partial charge in [0.2, 0.25) is 0 Å². The van der Waals surface area contributed by atoms with E-state index < -0.39 is 7.12 Å². The summed E-state index contributed by atoms with van der Waals surface area (Å²) in [4.78, 5) is 4.82. The Morgan fingerprint density at radius 3 is 2.12 bits per heavy atom. The van der Waals surface area contributed by atoms with Gasteiger partial charge in [0.15, 0.2) is 0 Å². The zero-order valence-electron chi connectivity index (χ0n) is 15.5. The van der Waals surface area contributed by atoms with E-state index in [0.717, 1.165) is 22.1 Å². The maximum Gasteiger partial charge on any atom is 0.495 e. The maximum absolute atomic E-state index is 6.36. The highest BCUT2D eigenvalue weighted by Gasteiger charge is 2.52. The van der Waals surface area contributed by atoms with Gasteiger partial charge < -0.3 is 9.31 Å². The van der Waals surface area contributed by atoms with Gasteiger partial charge in [0.25, 0.3) is 0 Å². The summed E-state index contributed by atoms with van der Waals surface area (Å²) in [5.41, 5.74) is 2.07. The van der Waals surface area contributed by atoms with E-state index in [1.165, 1.54) is 0 Å². The summed E-state index contributed by atoms with van der Waals surface area (Å²) in [5.74, 6) is 0. The van der Waals surface area contributed by atoms with Crippen LogP contribution in [0.1, 0.15) is 54.2 Å². The Morgan fingerprint density at radius 2 is 1.58 bits per heavy atom. The van der Waals surface area contributed by atoms with Crippen LogP contribution in [0.5, 0.6) is 0 Å². The van der Waals surface area contributed by atoms with Crippen molar-refractivity contribution >= 4 is 35.1 Å². The van der Waals surface area contributed by atoms with E-state index in [0.29, 0.717) is 5.02 Å². The Bertz CT molecular complexity index is 780. The highest BCUT2D eigenvalue weighted by atomic mass is 35.5. The van der Waals surface area contributed by atoms with Gasteiger partial charge in [-0.1, -0.05) is 38.4 Å². The minimum Gasteiger partial charge on any atom is -0.399 e. The predicted octanol–water partition coefficient (Wildman–Crippen LogP) is 4.48. The Kier molecular flexibility index (Phi) is 4.02. The molecule has 1 saturated heterocycles. The van der Waals surface area contributed by atoms with E-state index in [2.05, 4.69) is 60.6 Å². The smallest absolute Gasteiger partial charge is 0.399 e. The quantitative estimate of drug-likeness (QED) is 0.714. The first-order valence-electron chi connectivity index (χ1n) is 8.37. The average Bonchev–Trinajstić information content (AvgIpc) is 2.64. The number of benzene rings is 1. The molecule has 0 spiro atoms. The minimum absolute atomic E-state index is 0.0129. The van der Waals surface area contributed by atoms with E-state index in [1.54, 1.807) is 0 Å². The molecule has 0 unspecified atom stereocenters. The highest BCUT2D eigenvalue weighted by Crippen LogP contribution is 2.37. The molecule has 1 fully saturated rings. The van der Waals surface area contributed by atoms with Crippen LogP contribution in [-0.4, -0.2) is 23.3 Å². The van der Waals surface area contributed by atoms with Gasteiger partial charge in [-0.3, -0.25) is 4.98 Å². The molecule has 0 atom stereocenters. The van der Waals surface area contributed by atoms with Crippen LogP contribution in [0.25, 0.3) is 10.9 Å². The average molecular weight is 346 g/mol. The molecule has 3 nitrogen and oxygen atoms in total. The van der Waals surface area contributed by atoms with Gasteiger partial charge in [0.05, 0.1) is 16.7 Å². The second-order valence-electron chi connectivity index (χ2n) is 8.60. The molecule has 0 saturated carbocycles. The van der Waals surface area contributed by atoms with Gasteiger partial charge in [0, 0.05) is 21.5 Å². The lowest BCUT2D eigenvalue weighted by Gasteiger charge is -2.32. The van der Waals surface area contributed by atoms with Gasteiger partial charge in [-0.2, -0.15) is 0 Å². The summed E-state index contributed by atoms with van der Waals surface area (Å²) in [6, 6.07) is 8.00. The zero-order valence-corrected chi connectivity index (χ0v) is 16.3. The molecule has 1 aliphatic heterocycles. The largest absolute Gasteiger partial charge is 0.495 e. The van der Waals surface area contributed by atoms with Gasteiger partial charge in [-0.15, -0.1) is 0 Å². The normalized spacial score (nSPS) is 19.9. The van der Waals surface area contributed by atoms with Crippen LogP contribution < -0.4 is 5.46 Å². The number of rotatable bonds is 1. The summed E-state index contributed by atoms with van der Waals surface area (Å²) in [7, 11) is -0.446. The molecular formula is C19H25BClNO2. The summed E-state index contributed by atoms with van der Waals surface area (Å²) in [6.07, 6.45) is 0. The number of aromatic nitrogens is 1. The topological polar surface area (TPSA) is 31.4 Å². The lowest BCUT2D eigenvalue weighted by molar-refractivity contribution is 0.00578. The number of hydrogen-bond acceptors (Lipinski definition) is 3. The van der Waals surface area contributed by atoms with Crippen LogP contribution in [0.2, 0.25) is 5.02 Å². The summed E-state index contributed by atoms with van der Waals surface area (Å²) < 4.78 is 12.4. The van der Waals surface area contributed by atoms with E-state index in [-0.39, 0.29) is 16.6 Å². The second kappa shape index (κ2) is 5.45. The fourth-order valence-corrected chi connectivity index (χ4v) is 3.03. The van der Waals surface area contributed by atoms with Gasteiger partial charge in [-0.05, 0) is 51.4 Å². The van der Waals surface area contributed by atoms with Gasteiger partial charge >= 0.3 is 7.12 Å². The minimum atomic E-state index is -0.446. The van der Waals surface area contributed by atoms with Crippen LogP contribution in [0.4, 0.5) is 0 Å². The molecule has 3 rings (SSSR count). The molecule has 1 aromatic carbocycles. The van der Waals surface area contributed by atoms with Crippen LogP contribution in [0.3, 0.4) is 0 Å². The first-order chi connectivity index (χ1) is 10.9. The summed E-state index contributed by atoms with van der Waals surface area (Å²) >= 11 is 6.36. The Balaban J connectivity index is 2.13. The third kappa shape index (κ3) is 2.96. The fraction of sp³-hybridized carbons (Fsp3) is 0.526. The molecule has 5 heteroatoms. The SMILES string of the molecule is CC(C)(C)c1ccc2c(B3OC(C)(C)C(C)(C)O3)cc(Cl)cc2n1. The highest BCUT2D eigenvalue weighted by molar-refractivity contribution is 6.65. The van der Waals surface area contributed by atoms with Gasteiger partial charge in [0.1, 0.15) is 0 Å². The number of nitrogens with zero attached hydrogens (tertiary/aromatic N) is 1. The zero-order chi connectivity index (χ0) is 17.9. The van der Waals surface area contributed by atoms with E-state index in [1.807, 2.05) is 12.1 Å². The monoisotopic (exact) mass is 345 g/mol. The molecule has 128 valence electrons. The van der Waals surface area contributed by atoms with Crippen molar-refractivity contribution in [1.82, 2.24) is 4.98 Å². The van der Waals surface area contributed by atoms with Crippen LogP contribution in [-0.2, 0) is 14.7 Å². The number of fused-ring (bicyclic) bond motifs is 1. The molecule has 1 aliphatic rings. The molecule has 24 heavy (non-hydrogen) atoms. The Labute approximate surface area is 149 Å². The summed E-state index contributed by atoms with van der Waals surface area (Å²) in [6.45, 7) is 14.7. The molecule has 1 aromatic heterocycles. The van der Waals surface area contributed by atoms with E-state index in [4.69, 9.17) is 25.9 Å². The molecule has 0 amide bonds. The molecule has 0 radical (unpaired) electrons. The van der Waals surface area contributed by atoms with Crippen molar-refractivity contribution in [2.45, 2.75) is 65.1 Å². The Morgan fingerprint density at radius 1 is 1.00 bits per heavy atom. The number of halogens is 1. The van der Waals surface area contributed by atoms with Crippen molar-refractivity contribution in [2.24, 2.45) is 0 Å². The lowest BCUT2D eigenvalue weighted by atomic mass is 9.76. The first kappa shape index (κ1) is 17.7. The standard InChI is InChI=1S/C19H25BClNO2/c1-17(2,3)16-9-8-13-14(10-12(21)11-15(13)22-16)20-23-18(4,5)19(6,7)24-20/h8-11H,1-7H3. The molecule has 0 N–H and O–H groups in total. The predicted molar refractivity (Wildman–Crippen MR) is 101 cm³/mol. The first-order valence-corrected chi connectivity index (χ1v) is 8.75. The van der Waals surface area contributed by atoms with Crippen LogP contribution >= 0.6 is 11.6 Å². The van der Waals surface area contributed by atoms with Crippen molar-refractivity contribution in [3.63, 3.8) is 0 Å². The molecule has 0 bridgehead atoms. The van der Waals surface area contributed by atoms with Crippen molar-refractivity contribution in [3.8, 4) is 0 Å². The van der Waals surface area contributed by atoms with Crippen molar-refractivity contribution in [3.05, 3.63) is 35.0 Å². The van der Waals surface area contributed by atoms with E-state index >= 15 is 0 Å². The second-order valence-corrected chi connectivity index (χ2v) is 9.03. The van der Waals surface area contributed by atoms with E-state index in [9.17, 15) is 0 Å². The van der Waals surface area contributed by atoms with Crippen molar-refractivity contribution in [2.75, 3.05) is 0 Å². The third-order valence-corrected chi connectivity index (χ3v) is 5.30. The van der Waals surface area contributed by atoms with Crippen LogP contribution in [0.15, 0.2) is 24.3 Å². The number of pyridine rings is 1. The Hall–Kier alpha value is -1.10. The van der Waals surface area contributed by atoms with Crippen LogP contribution in [0, 0.1) is 0 Å². The maximum atomic E-state index is 6.36.